The zero-order valence-electron chi connectivity index (χ0n) is 13.5. The van der Waals surface area contributed by atoms with Crippen LogP contribution in [-0.4, -0.2) is 52.6 Å². The van der Waals surface area contributed by atoms with Gasteiger partial charge in [-0.3, -0.25) is 4.79 Å². The first-order chi connectivity index (χ1) is 9.87. The second kappa shape index (κ2) is 7.92. The Kier molecular flexibility index (Phi) is 6.84. The molecule has 122 valence electrons. The van der Waals surface area contributed by atoms with Crippen LogP contribution in [0.25, 0.3) is 0 Å². The average molecular weight is 316 g/mol. The van der Waals surface area contributed by atoms with Gasteiger partial charge < -0.3 is 15.3 Å². The molecule has 0 aromatic carbocycles. The minimum atomic E-state index is -0.806. The van der Waals surface area contributed by atoms with E-state index in [2.05, 4.69) is 25.4 Å². The second-order valence-corrected chi connectivity index (χ2v) is 7.31. The summed E-state index contributed by atoms with van der Waals surface area (Å²) < 4.78 is 0.0727. The number of nitrogens with one attached hydrogen (secondary N) is 1. The van der Waals surface area contributed by atoms with Crippen molar-refractivity contribution in [2.75, 3.05) is 25.9 Å². The lowest BCUT2D eigenvalue weighted by atomic mass is 9.91. The fourth-order valence-corrected chi connectivity index (χ4v) is 3.70. The standard InChI is InChI=1S/C15H28N2O3S/c1-5-15(6-2,21-4)10-16-14(20)17-8-11(3)7-12(9-17)13(18)19/h11-12H,5-10H2,1-4H3,(H,16,20)(H,18,19). The van der Waals surface area contributed by atoms with Crippen LogP contribution < -0.4 is 5.32 Å². The van der Waals surface area contributed by atoms with E-state index < -0.39 is 11.9 Å². The Balaban J connectivity index is 2.60. The number of piperidine rings is 1. The maximum absolute atomic E-state index is 12.3. The fourth-order valence-electron chi connectivity index (χ4n) is 2.91. The molecule has 1 heterocycles. The highest BCUT2D eigenvalue weighted by Crippen LogP contribution is 2.29. The summed E-state index contributed by atoms with van der Waals surface area (Å²) >= 11 is 1.78. The third-order valence-electron chi connectivity index (χ3n) is 4.58. The van der Waals surface area contributed by atoms with E-state index >= 15 is 0 Å². The lowest BCUT2D eigenvalue weighted by Crippen LogP contribution is -2.51. The van der Waals surface area contributed by atoms with Crippen molar-refractivity contribution in [2.45, 2.75) is 44.8 Å². The first kappa shape index (κ1) is 18.1. The van der Waals surface area contributed by atoms with Gasteiger partial charge in [-0.15, -0.1) is 0 Å². The lowest BCUT2D eigenvalue weighted by molar-refractivity contribution is -0.143. The van der Waals surface area contributed by atoms with Gasteiger partial charge in [-0.05, 0) is 31.4 Å². The molecule has 0 aromatic rings. The SMILES string of the molecule is CCC(CC)(CNC(=O)N1CC(C)CC(C(=O)O)C1)SC. The van der Waals surface area contributed by atoms with E-state index in [0.29, 0.717) is 26.1 Å². The Bertz CT molecular complexity index is 364. The summed E-state index contributed by atoms with van der Waals surface area (Å²) in [6.07, 6.45) is 4.72. The zero-order chi connectivity index (χ0) is 16.0. The summed E-state index contributed by atoms with van der Waals surface area (Å²) in [7, 11) is 0. The van der Waals surface area contributed by atoms with Crippen molar-refractivity contribution in [3.8, 4) is 0 Å². The maximum atomic E-state index is 12.3. The molecule has 0 aliphatic carbocycles. The normalized spacial score (nSPS) is 23.0. The number of urea groups is 1. The van der Waals surface area contributed by atoms with Crippen LogP contribution in [0.2, 0.25) is 0 Å². The first-order valence-corrected chi connectivity index (χ1v) is 8.90. The highest BCUT2D eigenvalue weighted by Gasteiger charge is 2.33. The molecule has 1 aliphatic heterocycles. The Morgan fingerprint density at radius 3 is 2.43 bits per heavy atom. The predicted molar refractivity (Wildman–Crippen MR) is 86.7 cm³/mol. The van der Waals surface area contributed by atoms with Gasteiger partial charge in [0.1, 0.15) is 0 Å². The molecule has 0 aromatic heterocycles. The molecule has 2 unspecified atom stereocenters. The molecule has 0 radical (unpaired) electrons. The van der Waals surface area contributed by atoms with Crippen LogP contribution >= 0.6 is 11.8 Å². The summed E-state index contributed by atoms with van der Waals surface area (Å²) in [6.45, 7) is 7.85. The molecule has 1 aliphatic rings. The van der Waals surface area contributed by atoms with E-state index in [1.54, 1.807) is 16.7 Å². The van der Waals surface area contributed by atoms with Gasteiger partial charge in [0.05, 0.1) is 5.92 Å². The molecule has 2 amide bonds. The Labute approximate surface area is 131 Å². The molecule has 0 saturated carbocycles. The molecular formula is C15H28N2O3S. The van der Waals surface area contributed by atoms with E-state index in [0.717, 1.165) is 12.8 Å². The number of hydrogen-bond donors (Lipinski definition) is 2. The minimum absolute atomic E-state index is 0.0727. The number of hydrogen-bond acceptors (Lipinski definition) is 3. The number of likely N-dealkylation sites (tertiary alicyclic amines) is 1. The van der Waals surface area contributed by atoms with E-state index in [9.17, 15) is 9.59 Å². The van der Waals surface area contributed by atoms with Gasteiger partial charge in [0, 0.05) is 24.4 Å². The minimum Gasteiger partial charge on any atom is -0.481 e. The number of carboxylic acid groups (broad SMARTS) is 1. The fraction of sp³-hybridized carbons (Fsp3) is 0.867. The van der Waals surface area contributed by atoms with Gasteiger partial charge in [0.2, 0.25) is 0 Å². The van der Waals surface area contributed by atoms with Crippen LogP contribution in [0.15, 0.2) is 0 Å². The first-order valence-electron chi connectivity index (χ1n) is 7.68. The molecule has 6 heteroatoms. The van der Waals surface area contributed by atoms with Crippen LogP contribution in [0, 0.1) is 11.8 Å². The Morgan fingerprint density at radius 2 is 1.95 bits per heavy atom. The lowest BCUT2D eigenvalue weighted by Gasteiger charge is -2.36. The number of carbonyl (C=O) groups excluding carboxylic acids is 1. The summed E-state index contributed by atoms with van der Waals surface area (Å²) in [5, 5.41) is 12.2. The average Bonchev–Trinajstić information content (AvgIpc) is 2.48. The van der Waals surface area contributed by atoms with Crippen LogP contribution in [0.4, 0.5) is 4.79 Å². The third kappa shape index (κ3) is 4.80. The van der Waals surface area contributed by atoms with Crippen molar-refractivity contribution in [1.82, 2.24) is 10.2 Å². The number of carbonyl (C=O) groups is 2. The summed E-state index contributed by atoms with van der Waals surface area (Å²) in [6, 6.07) is -0.131. The number of aliphatic carboxylic acids is 1. The van der Waals surface area contributed by atoms with Crippen molar-refractivity contribution in [3.63, 3.8) is 0 Å². The Morgan fingerprint density at radius 1 is 1.33 bits per heavy atom. The van der Waals surface area contributed by atoms with Crippen molar-refractivity contribution in [1.29, 1.82) is 0 Å². The van der Waals surface area contributed by atoms with E-state index in [1.807, 2.05) is 6.92 Å². The summed E-state index contributed by atoms with van der Waals surface area (Å²) in [5.41, 5.74) is 0. The molecule has 1 fully saturated rings. The number of amides is 2. The molecule has 2 atom stereocenters. The topological polar surface area (TPSA) is 69.6 Å². The summed E-state index contributed by atoms with van der Waals surface area (Å²) in [5.74, 6) is -1.02. The van der Waals surface area contributed by atoms with Gasteiger partial charge >= 0.3 is 12.0 Å². The number of thioether (sulfide) groups is 1. The highest BCUT2D eigenvalue weighted by atomic mass is 32.2. The van der Waals surface area contributed by atoms with Crippen LogP contribution in [-0.2, 0) is 4.79 Å². The molecule has 5 nitrogen and oxygen atoms in total. The predicted octanol–water partition coefficient (Wildman–Crippen LogP) is 2.66. The van der Waals surface area contributed by atoms with Crippen molar-refractivity contribution < 1.29 is 14.7 Å². The third-order valence-corrected chi connectivity index (χ3v) is 6.17. The summed E-state index contributed by atoms with van der Waals surface area (Å²) in [4.78, 5) is 25.1. The molecule has 21 heavy (non-hydrogen) atoms. The second-order valence-electron chi connectivity index (χ2n) is 6.03. The molecule has 0 bridgehead atoms. The van der Waals surface area contributed by atoms with Gasteiger partial charge in [0.25, 0.3) is 0 Å². The van der Waals surface area contributed by atoms with Crippen molar-refractivity contribution in [2.24, 2.45) is 11.8 Å². The van der Waals surface area contributed by atoms with Gasteiger partial charge in [-0.25, -0.2) is 4.79 Å². The van der Waals surface area contributed by atoms with E-state index in [1.165, 1.54) is 0 Å². The largest absolute Gasteiger partial charge is 0.481 e. The van der Waals surface area contributed by atoms with Crippen LogP contribution in [0.3, 0.4) is 0 Å². The molecule has 1 rings (SSSR count). The van der Waals surface area contributed by atoms with Crippen LogP contribution in [0.5, 0.6) is 0 Å². The molecule has 1 saturated heterocycles. The van der Waals surface area contributed by atoms with Crippen molar-refractivity contribution in [3.05, 3.63) is 0 Å². The number of rotatable bonds is 6. The number of carboxylic acids is 1. The monoisotopic (exact) mass is 316 g/mol. The smallest absolute Gasteiger partial charge is 0.317 e. The van der Waals surface area contributed by atoms with Gasteiger partial charge in [-0.1, -0.05) is 20.8 Å². The zero-order valence-corrected chi connectivity index (χ0v) is 14.3. The van der Waals surface area contributed by atoms with Gasteiger partial charge in [-0.2, -0.15) is 11.8 Å². The van der Waals surface area contributed by atoms with Crippen LogP contribution in [0.1, 0.15) is 40.0 Å². The van der Waals surface area contributed by atoms with E-state index in [-0.39, 0.29) is 16.7 Å². The molecule has 0 spiro atoms. The number of nitrogens with zero attached hydrogens (tertiary/aromatic N) is 1. The Hall–Kier alpha value is -0.910. The quantitative estimate of drug-likeness (QED) is 0.790. The molecule has 2 N–H and O–H groups in total. The van der Waals surface area contributed by atoms with E-state index in [4.69, 9.17) is 5.11 Å². The van der Waals surface area contributed by atoms with Crippen molar-refractivity contribution >= 4 is 23.8 Å². The highest BCUT2D eigenvalue weighted by molar-refractivity contribution is 8.00. The molecular weight excluding hydrogens is 288 g/mol. The maximum Gasteiger partial charge on any atom is 0.317 e. The van der Waals surface area contributed by atoms with Gasteiger partial charge in [0.15, 0.2) is 0 Å².